The summed E-state index contributed by atoms with van der Waals surface area (Å²) in [7, 11) is 0. The van der Waals surface area contributed by atoms with Gasteiger partial charge in [0, 0.05) is 17.6 Å². The number of aromatic nitrogens is 3. The van der Waals surface area contributed by atoms with Gasteiger partial charge in [-0.3, -0.25) is 9.48 Å². The minimum Gasteiger partial charge on any atom is -0.489 e. The molecular weight excluding hydrogens is 479 g/mol. The van der Waals surface area contributed by atoms with Crippen molar-refractivity contribution in [3.8, 4) is 17.1 Å². The molecular formula is C25H28F3N3O5. The van der Waals surface area contributed by atoms with Gasteiger partial charge in [0.05, 0.1) is 37.2 Å². The van der Waals surface area contributed by atoms with E-state index in [0.717, 1.165) is 0 Å². The standard InChI is InChI=1S/C25H28F3N3O5/c1-5-35-23(33)16-12-30-17(11-18(16)32)22-15-7-6-8-19(36-10-9-34-14-25(26,27)28)21(15)29-31(22)13-20(30)24(2,3)4/h6-8,11-12,20H,5,9-10,13-14H2,1-4H3. The summed E-state index contributed by atoms with van der Waals surface area (Å²) in [5.41, 5.74) is 1.08. The number of hydrogen-bond donors (Lipinski definition) is 0. The molecule has 0 saturated carbocycles. The van der Waals surface area contributed by atoms with Crippen LogP contribution in [0.15, 0.2) is 35.3 Å². The molecule has 2 aromatic heterocycles. The lowest BCUT2D eigenvalue weighted by Crippen LogP contribution is -2.35. The van der Waals surface area contributed by atoms with E-state index in [4.69, 9.17) is 14.6 Å². The molecule has 1 atom stereocenters. The molecule has 0 aliphatic carbocycles. The van der Waals surface area contributed by atoms with E-state index in [-0.39, 0.29) is 36.8 Å². The Bertz CT molecular complexity index is 1340. The molecule has 194 valence electrons. The fourth-order valence-corrected chi connectivity index (χ4v) is 4.35. The molecule has 1 aromatic carbocycles. The third kappa shape index (κ3) is 5.11. The number of pyridine rings is 1. The van der Waals surface area contributed by atoms with E-state index in [1.165, 1.54) is 6.07 Å². The fraction of sp³-hybridized carbons (Fsp3) is 0.480. The maximum absolute atomic E-state index is 12.9. The Balaban J connectivity index is 1.75. The molecule has 1 aliphatic rings. The van der Waals surface area contributed by atoms with Gasteiger partial charge >= 0.3 is 12.1 Å². The predicted octanol–water partition coefficient (Wildman–Crippen LogP) is 4.60. The molecule has 0 N–H and O–H groups in total. The number of esters is 1. The number of hydrogen-bond acceptors (Lipinski definition) is 6. The average Bonchev–Trinajstić information content (AvgIpc) is 3.16. The molecule has 11 heteroatoms. The van der Waals surface area contributed by atoms with Crippen molar-refractivity contribution in [1.82, 2.24) is 14.3 Å². The van der Waals surface area contributed by atoms with Crippen molar-refractivity contribution in [1.29, 1.82) is 0 Å². The van der Waals surface area contributed by atoms with E-state index in [2.05, 4.69) is 25.5 Å². The van der Waals surface area contributed by atoms with Gasteiger partial charge < -0.3 is 18.8 Å². The Morgan fingerprint density at radius 1 is 1.19 bits per heavy atom. The summed E-state index contributed by atoms with van der Waals surface area (Å²) in [5, 5.41) is 5.45. The van der Waals surface area contributed by atoms with Gasteiger partial charge in [0.1, 0.15) is 30.0 Å². The monoisotopic (exact) mass is 507 g/mol. The highest BCUT2D eigenvalue weighted by Crippen LogP contribution is 2.43. The topological polar surface area (TPSA) is 84.6 Å². The maximum atomic E-state index is 12.9. The predicted molar refractivity (Wildman–Crippen MR) is 126 cm³/mol. The largest absolute Gasteiger partial charge is 0.489 e. The SMILES string of the molecule is CCOC(=O)c1cn2c(cc1=O)-c1c3cccc(OCCOCC(F)(F)F)c3nn1CC2C(C)(C)C. The van der Waals surface area contributed by atoms with E-state index >= 15 is 0 Å². The van der Waals surface area contributed by atoms with Crippen LogP contribution in [0.2, 0.25) is 0 Å². The first-order valence-electron chi connectivity index (χ1n) is 11.6. The molecule has 0 radical (unpaired) electrons. The van der Waals surface area contributed by atoms with Crippen molar-refractivity contribution in [3.63, 3.8) is 0 Å². The quantitative estimate of drug-likeness (QED) is 0.343. The zero-order valence-corrected chi connectivity index (χ0v) is 20.5. The molecule has 0 bridgehead atoms. The van der Waals surface area contributed by atoms with Gasteiger partial charge in [-0.25, -0.2) is 4.79 Å². The summed E-state index contributed by atoms with van der Waals surface area (Å²) in [6.07, 6.45) is -2.84. The van der Waals surface area contributed by atoms with Crippen molar-refractivity contribution in [3.05, 3.63) is 46.2 Å². The van der Waals surface area contributed by atoms with Crippen molar-refractivity contribution >= 4 is 16.9 Å². The van der Waals surface area contributed by atoms with Crippen LogP contribution in [0.5, 0.6) is 5.75 Å². The summed E-state index contributed by atoms with van der Waals surface area (Å²) in [6.45, 7) is 6.84. The van der Waals surface area contributed by atoms with Gasteiger partial charge in [-0.15, -0.1) is 0 Å². The smallest absolute Gasteiger partial charge is 0.411 e. The molecule has 1 aliphatic heterocycles. The first kappa shape index (κ1) is 25.7. The van der Waals surface area contributed by atoms with E-state index < -0.39 is 24.2 Å². The summed E-state index contributed by atoms with van der Waals surface area (Å²) < 4.78 is 56.0. The third-order valence-electron chi connectivity index (χ3n) is 5.98. The van der Waals surface area contributed by atoms with Crippen LogP contribution in [0, 0.1) is 5.41 Å². The molecule has 36 heavy (non-hydrogen) atoms. The first-order valence-corrected chi connectivity index (χ1v) is 11.6. The summed E-state index contributed by atoms with van der Waals surface area (Å²) in [5.74, 6) is -0.271. The Morgan fingerprint density at radius 2 is 1.94 bits per heavy atom. The molecule has 0 spiro atoms. The second kappa shape index (κ2) is 9.61. The Morgan fingerprint density at radius 3 is 2.61 bits per heavy atom. The zero-order valence-electron chi connectivity index (χ0n) is 20.5. The van der Waals surface area contributed by atoms with E-state index in [9.17, 15) is 22.8 Å². The summed E-state index contributed by atoms with van der Waals surface area (Å²) in [4.78, 5) is 25.3. The number of fused-ring (bicyclic) bond motifs is 5. The summed E-state index contributed by atoms with van der Waals surface area (Å²) in [6, 6.07) is 6.57. The number of benzene rings is 1. The van der Waals surface area contributed by atoms with Crippen molar-refractivity contribution < 1.29 is 32.2 Å². The first-order chi connectivity index (χ1) is 16.9. The highest BCUT2D eigenvalue weighted by molar-refractivity contribution is 5.97. The van der Waals surface area contributed by atoms with Gasteiger partial charge in [0.15, 0.2) is 5.43 Å². The van der Waals surface area contributed by atoms with Crippen molar-refractivity contribution in [2.24, 2.45) is 5.41 Å². The maximum Gasteiger partial charge on any atom is 0.411 e. The van der Waals surface area contributed by atoms with Crippen LogP contribution in [-0.4, -0.2) is 52.9 Å². The molecule has 4 rings (SSSR count). The number of ether oxygens (including phenoxy) is 3. The Hall–Kier alpha value is -3.34. The van der Waals surface area contributed by atoms with Crippen LogP contribution in [0.25, 0.3) is 22.3 Å². The second-order valence-electron chi connectivity index (χ2n) is 9.65. The van der Waals surface area contributed by atoms with Crippen LogP contribution in [-0.2, 0) is 16.0 Å². The Kier molecular flexibility index (Phi) is 6.87. The second-order valence-corrected chi connectivity index (χ2v) is 9.65. The van der Waals surface area contributed by atoms with E-state index in [1.807, 2.05) is 15.3 Å². The van der Waals surface area contributed by atoms with Crippen molar-refractivity contribution in [2.45, 2.75) is 46.5 Å². The molecule has 0 amide bonds. The number of halogens is 3. The molecule has 1 unspecified atom stereocenters. The number of carbonyl (C=O) groups excluding carboxylic acids is 1. The van der Waals surface area contributed by atoms with Gasteiger partial charge in [-0.2, -0.15) is 18.3 Å². The van der Waals surface area contributed by atoms with Crippen molar-refractivity contribution in [2.75, 3.05) is 26.4 Å². The van der Waals surface area contributed by atoms with Gasteiger partial charge in [0.2, 0.25) is 0 Å². The van der Waals surface area contributed by atoms with Crippen LogP contribution in [0.4, 0.5) is 13.2 Å². The van der Waals surface area contributed by atoms with Gasteiger partial charge in [0.25, 0.3) is 0 Å². The number of rotatable bonds is 7. The van der Waals surface area contributed by atoms with E-state index in [0.29, 0.717) is 34.6 Å². The van der Waals surface area contributed by atoms with Crippen LogP contribution in [0.1, 0.15) is 44.1 Å². The molecule has 0 saturated heterocycles. The molecule has 3 aromatic rings. The number of alkyl halides is 3. The normalized spacial score (nSPS) is 15.5. The molecule has 3 heterocycles. The molecule has 8 nitrogen and oxygen atoms in total. The van der Waals surface area contributed by atoms with Gasteiger partial charge in [-0.1, -0.05) is 32.9 Å². The number of carbonyl (C=O) groups is 1. The van der Waals surface area contributed by atoms with Crippen LogP contribution >= 0.6 is 0 Å². The van der Waals surface area contributed by atoms with Crippen LogP contribution < -0.4 is 10.2 Å². The third-order valence-corrected chi connectivity index (χ3v) is 5.98. The highest BCUT2D eigenvalue weighted by atomic mass is 19.4. The highest BCUT2D eigenvalue weighted by Gasteiger charge is 2.35. The Labute approximate surface area is 205 Å². The average molecular weight is 508 g/mol. The molecule has 0 fully saturated rings. The lowest BCUT2D eigenvalue weighted by atomic mass is 9.85. The van der Waals surface area contributed by atoms with E-state index in [1.54, 1.807) is 25.3 Å². The lowest BCUT2D eigenvalue weighted by molar-refractivity contribution is -0.175. The van der Waals surface area contributed by atoms with Gasteiger partial charge in [-0.05, 0) is 18.4 Å². The zero-order chi connectivity index (χ0) is 26.3. The number of nitrogens with zero attached hydrogens (tertiary/aromatic N) is 3. The van der Waals surface area contributed by atoms with Crippen LogP contribution in [0.3, 0.4) is 0 Å². The lowest BCUT2D eigenvalue weighted by Gasteiger charge is -2.38. The summed E-state index contributed by atoms with van der Waals surface area (Å²) >= 11 is 0. The minimum atomic E-state index is -4.40. The minimum absolute atomic E-state index is 0.0324. The fourth-order valence-electron chi connectivity index (χ4n) is 4.35.